The van der Waals surface area contributed by atoms with Crippen LogP contribution >= 0.6 is 23.1 Å². The number of nitrogens with one attached hydrogen (secondary N) is 1. The summed E-state index contributed by atoms with van der Waals surface area (Å²) in [6, 6.07) is 9.25. The summed E-state index contributed by atoms with van der Waals surface area (Å²) in [5.74, 6) is 0.128. The highest BCUT2D eigenvalue weighted by Gasteiger charge is 2.27. The van der Waals surface area contributed by atoms with Gasteiger partial charge in [0.05, 0.1) is 15.3 Å². The van der Waals surface area contributed by atoms with Crippen LogP contribution in [0.3, 0.4) is 0 Å². The predicted molar refractivity (Wildman–Crippen MR) is 110 cm³/mol. The van der Waals surface area contributed by atoms with Gasteiger partial charge in [0.15, 0.2) is 0 Å². The summed E-state index contributed by atoms with van der Waals surface area (Å²) in [5.41, 5.74) is 2.27. The summed E-state index contributed by atoms with van der Waals surface area (Å²) < 4.78 is 5.16. The zero-order valence-electron chi connectivity index (χ0n) is 15.1. The summed E-state index contributed by atoms with van der Waals surface area (Å²) in [6.45, 7) is 5.52. The molecule has 0 aliphatic carbocycles. The molecule has 4 rings (SSSR count). The van der Waals surface area contributed by atoms with E-state index in [1.165, 1.54) is 17.6 Å². The molecule has 1 amide bonds. The fourth-order valence-electron chi connectivity index (χ4n) is 3.70. The largest absolute Gasteiger partial charge is 0.508 e. The lowest BCUT2D eigenvalue weighted by Gasteiger charge is -2.36. The number of hydrogen-bond acceptors (Lipinski definition) is 5. The first-order chi connectivity index (χ1) is 12.9. The average molecular weight is 402 g/mol. The summed E-state index contributed by atoms with van der Waals surface area (Å²) in [4.78, 5) is 15.2. The van der Waals surface area contributed by atoms with E-state index >= 15 is 0 Å². The van der Waals surface area contributed by atoms with Gasteiger partial charge in [0.2, 0.25) is 0 Å². The van der Waals surface area contributed by atoms with Crippen molar-refractivity contribution in [3.05, 3.63) is 47.1 Å². The number of hydrogen-bond donors (Lipinski definition) is 2. The average Bonchev–Trinajstić information content (AvgIpc) is 3.08. The minimum atomic E-state index is 0.0150. The zero-order chi connectivity index (χ0) is 19.1. The molecule has 1 saturated heterocycles. The number of piperazine rings is 1. The molecule has 27 heavy (non-hydrogen) atoms. The van der Waals surface area contributed by atoms with Gasteiger partial charge in [-0.25, -0.2) is 0 Å². The lowest BCUT2D eigenvalue weighted by atomic mass is 9.99. The van der Waals surface area contributed by atoms with Crippen LogP contribution in [0.5, 0.6) is 5.75 Å². The number of carbonyl (C=O) groups is 1. The lowest BCUT2D eigenvalue weighted by molar-refractivity contribution is 0.0676. The molecule has 1 aromatic heterocycles. The summed E-state index contributed by atoms with van der Waals surface area (Å²) in [6.07, 6.45) is 1.78. The Kier molecular flexibility index (Phi) is 4.80. The quantitative estimate of drug-likeness (QED) is 0.677. The molecule has 2 atom stereocenters. The maximum Gasteiger partial charge on any atom is 0.255 e. The van der Waals surface area contributed by atoms with Crippen LogP contribution in [-0.4, -0.2) is 45.5 Å². The van der Waals surface area contributed by atoms with Crippen LogP contribution in [0.15, 0.2) is 36.5 Å². The predicted octanol–water partition coefficient (Wildman–Crippen LogP) is 4.14. The normalized spacial score (nSPS) is 20.2. The number of phenolic OH excluding ortho intramolecular Hbond substituents is 1. The summed E-state index contributed by atoms with van der Waals surface area (Å²) >= 11 is 7.66. The maximum absolute atomic E-state index is 13.3. The van der Waals surface area contributed by atoms with E-state index in [0.29, 0.717) is 23.7 Å². The van der Waals surface area contributed by atoms with Crippen molar-refractivity contribution in [2.24, 2.45) is 0 Å². The summed E-state index contributed by atoms with van der Waals surface area (Å²) in [7, 11) is 0. The van der Waals surface area contributed by atoms with E-state index < -0.39 is 0 Å². The van der Waals surface area contributed by atoms with Crippen LogP contribution < -0.4 is 5.32 Å². The van der Waals surface area contributed by atoms with Gasteiger partial charge < -0.3 is 15.3 Å². The van der Waals surface area contributed by atoms with E-state index in [0.717, 1.165) is 21.2 Å². The van der Waals surface area contributed by atoms with Gasteiger partial charge in [-0.2, -0.15) is 4.37 Å². The van der Waals surface area contributed by atoms with Gasteiger partial charge in [0, 0.05) is 42.3 Å². The molecule has 7 heteroatoms. The molecular formula is C20H20ClN3O2S. The van der Waals surface area contributed by atoms with E-state index in [-0.39, 0.29) is 23.7 Å². The molecule has 2 aromatic carbocycles. The number of benzene rings is 2. The minimum absolute atomic E-state index is 0.0150. The van der Waals surface area contributed by atoms with Gasteiger partial charge in [-0.3, -0.25) is 4.79 Å². The highest BCUT2D eigenvalue weighted by Crippen LogP contribution is 2.35. The minimum Gasteiger partial charge on any atom is -0.508 e. The fraction of sp³-hybridized carbons (Fsp3) is 0.300. The van der Waals surface area contributed by atoms with E-state index in [2.05, 4.69) is 23.5 Å². The van der Waals surface area contributed by atoms with Crippen molar-refractivity contribution in [3.8, 4) is 16.9 Å². The van der Waals surface area contributed by atoms with E-state index in [4.69, 9.17) is 11.6 Å². The number of aromatic hydroxyl groups is 1. The highest BCUT2D eigenvalue weighted by molar-refractivity contribution is 7.13. The van der Waals surface area contributed by atoms with Gasteiger partial charge in [0.25, 0.3) is 5.91 Å². The first-order valence-electron chi connectivity index (χ1n) is 8.85. The molecular weight excluding hydrogens is 382 g/mol. The van der Waals surface area contributed by atoms with Crippen molar-refractivity contribution < 1.29 is 9.90 Å². The molecule has 5 nitrogen and oxygen atoms in total. The van der Waals surface area contributed by atoms with Crippen molar-refractivity contribution in [2.75, 3.05) is 13.1 Å². The molecule has 2 heterocycles. The third-order valence-electron chi connectivity index (χ3n) is 4.79. The SMILES string of the molecule is C[C@@H]1CN(C(=O)c2cc(-c3ccc(O)cc3Cl)cc3cnsc23)C[C@H](C)N1. The molecule has 0 radical (unpaired) electrons. The molecule has 0 saturated carbocycles. The smallest absolute Gasteiger partial charge is 0.255 e. The van der Waals surface area contributed by atoms with Crippen molar-refractivity contribution in [1.29, 1.82) is 0 Å². The van der Waals surface area contributed by atoms with Crippen molar-refractivity contribution in [2.45, 2.75) is 25.9 Å². The second-order valence-electron chi connectivity index (χ2n) is 7.11. The molecule has 1 fully saturated rings. The van der Waals surface area contributed by atoms with Crippen LogP contribution in [0, 0.1) is 0 Å². The maximum atomic E-state index is 13.3. The van der Waals surface area contributed by atoms with Gasteiger partial charge in [-0.05, 0) is 61.3 Å². The van der Waals surface area contributed by atoms with E-state index in [1.807, 2.05) is 17.0 Å². The molecule has 0 bridgehead atoms. The van der Waals surface area contributed by atoms with Crippen LogP contribution in [0.25, 0.3) is 21.2 Å². The molecule has 3 aromatic rings. The number of halogens is 1. The first kappa shape index (κ1) is 18.2. The Morgan fingerprint density at radius 3 is 2.70 bits per heavy atom. The lowest BCUT2D eigenvalue weighted by Crippen LogP contribution is -2.55. The zero-order valence-corrected chi connectivity index (χ0v) is 16.6. The third-order valence-corrected chi connectivity index (χ3v) is 5.95. The fourth-order valence-corrected chi connectivity index (χ4v) is 4.72. The molecule has 2 N–H and O–H groups in total. The monoisotopic (exact) mass is 401 g/mol. The first-order valence-corrected chi connectivity index (χ1v) is 10.00. The van der Waals surface area contributed by atoms with E-state index in [1.54, 1.807) is 18.3 Å². The Balaban J connectivity index is 1.80. The van der Waals surface area contributed by atoms with Crippen LogP contribution in [0.2, 0.25) is 5.02 Å². The van der Waals surface area contributed by atoms with Crippen LogP contribution in [-0.2, 0) is 0 Å². The number of aromatic nitrogens is 1. The number of nitrogens with zero attached hydrogens (tertiary/aromatic N) is 2. The van der Waals surface area contributed by atoms with E-state index in [9.17, 15) is 9.90 Å². The second kappa shape index (κ2) is 7.11. The standard InChI is InChI=1S/C20H20ClN3O2S/c1-11-9-24(10-12(2)23-11)20(26)17-6-13(5-14-8-22-27-19(14)17)16-4-3-15(25)7-18(16)21/h3-8,11-12,23,25H,9-10H2,1-2H3/t11-,12+. The number of rotatable bonds is 2. The van der Waals surface area contributed by atoms with Crippen molar-refractivity contribution in [1.82, 2.24) is 14.6 Å². The molecule has 140 valence electrons. The summed E-state index contributed by atoms with van der Waals surface area (Å²) in [5, 5.41) is 14.4. The topological polar surface area (TPSA) is 65.5 Å². The van der Waals surface area contributed by atoms with Gasteiger partial charge in [0.1, 0.15) is 5.75 Å². The van der Waals surface area contributed by atoms with Gasteiger partial charge >= 0.3 is 0 Å². The second-order valence-corrected chi connectivity index (χ2v) is 8.32. The number of fused-ring (bicyclic) bond motifs is 1. The Morgan fingerprint density at radius 1 is 1.26 bits per heavy atom. The Morgan fingerprint density at radius 2 is 2.00 bits per heavy atom. The molecule has 0 unspecified atom stereocenters. The number of amides is 1. The molecule has 0 spiro atoms. The third kappa shape index (κ3) is 3.52. The Bertz CT molecular complexity index is 1010. The molecule has 1 aliphatic rings. The highest BCUT2D eigenvalue weighted by atomic mass is 35.5. The Hall–Kier alpha value is -2.15. The van der Waals surface area contributed by atoms with Crippen LogP contribution in [0.1, 0.15) is 24.2 Å². The molecule has 1 aliphatic heterocycles. The van der Waals surface area contributed by atoms with Crippen molar-refractivity contribution in [3.63, 3.8) is 0 Å². The van der Waals surface area contributed by atoms with Gasteiger partial charge in [-0.15, -0.1) is 0 Å². The number of phenols is 1. The number of carbonyl (C=O) groups excluding carboxylic acids is 1. The Labute approximate surface area is 166 Å². The van der Waals surface area contributed by atoms with Crippen LogP contribution in [0.4, 0.5) is 0 Å². The van der Waals surface area contributed by atoms with Crippen molar-refractivity contribution >= 4 is 39.1 Å². The van der Waals surface area contributed by atoms with Gasteiger partial charge in [-0.1, -0.05) is 11.6 Å².